The maximum atomic E-state index is 5.90. The van der Waals surface area contributed by atoms with E-state index >= 15 is 0 Å². The standard InChI is InChI=1S/C12H11ClN4/c13-12-15-7-9(14)11(16-12)17-6-5-8-3-1-2-4-10(8)17/h1-4,7H,5-6,14H2. The fourth-order valence-corrected chi connectivity index (χ4v) is 2.26. The van der Waals surface area contributed by atoms with Gasteiger partial charge in [0.15, 0.2) is 5.82 Å². The van der Waals surface area contributed by atoms with Crippen molar-refractivity contribution in [2.24, 2.45) is 0 Å². The van der Waals surface area contributed by atoms with Crippen molar-refractivity contribution in [3.8, 4) is 0 Å². The fourth-order valence-electron chi connectivity index (χ4n) is 2.14. The molecule has 0 fully saturated rings. The minimum atomic E-state index is 0.221. The molecule has 0 saturated carbocycles. The van der Waals surface area contributed by atoms with Crippen LogP contribution in [0.4, 0.5) is 17.2 Å². The molecule has 2 N–H and O–H groups in total. The molecule has 1 aromatic carbocycles. The Labute approximate surface area is 104 Å². The number of nitrogen functional groups attached to an aromatic ring is 1. The maximum Gasteiger partial charge on any atom is 0.224 e. The Kier molecular flexibility index (Phi) is 2.37. The van der Waals surface area contributed by atoms with Gasteiger partial charge in [-0.2, -0.15) is 4.98 Å². The van der Waals surface area contributed by atoms with Gasteiger partial charge in [-0.15, -0.1) is 0 Å². The molecule has 5 heteroatoms. The van der Waals surface area contributed by atoms with Gasteiger partial charge in [-0.25, -0.2) is 4.98 Å². The van der Waals surface area contributed by atoms with Crippen LogP contribution in [0.2, 0.25) is 5.28 Å². The molecule has 0 unspecified atom stereocenters. The third kappa shape index (κ3) is 1.70. The Morgan fingerprint density at radius 3 is 3.00 bits per heavy atom. The summed E-state index contributed by atoms with van der Waals surface area (Å²) in [6, 6.07) is 8.24. The van der Waals surface area contributed by atoms with Gasteiger partial charge >= 0.3 is 0 Å². The SMILES string of the molecule is Nc1cnc(Cl)nc1N1CCc2ccccc21. The van der Waals surface area contributed by atoms with Crippen LogP contribution in [0.15, 0.2) is 30.5 Å². The van der Waals surface area contributed by atoms with Gasteiger partial charge in [0.1, 0.15) is 0 Å². The zero-order valence-corrected chi connectivity index (χ0v) is 9.85. The quantitative estimate of drug-likeness (QED) is 0.785. The van der Waals surface area contributed by atoms with Gasteiger partial charge < -0.3 is 10.6 Å². The van der Waals surface area contributed by atoms with Crippen LogP contribution < -0.4 is 10.6 Å². The minimum Gasteiger partial charge on any atom is -0.394 e. The van der Waals surface area contributed by atoms with E-state index in [4.69, 9.17) is 17.3 Å². The minimum absolute atomic E-state index is 0.221. The van der Waals surface area contributed by atoms with Crippen molar-refractivity contribution >= 4 is 28.8 Å². The van der Waals surface area contributed by atoms with Crippen molar-refractivity contribution in [2.45, 2.75) is 6.42 Å². The first-order valence-electron chi connectivity index (χ1n) is 5.39. The van der Waals surface area contributed by atoms with Gasteiger partial charge in [-0.1, -0.05) is 18.2 Å². The summed E-state index contributed by atoms with van der Waals surface area (Å²) in [7, 11) is 0. The lowest BCUT2D eigenvalue weighted by Crippen LogP contribution is -2.17. The molecule has 0 bridgehead atoms. The number of anilines is 3. The highest BCUT2D eigenvalue weighted by molar-refractivity contribution is 6.28. The molecule has 17 heavy (non-hydrogen) atoms. The van der Waals surface area contributed by atoms with Crippen LogP contribution in [0.25, 0.3) is 0 Å². The highest BCUT2D eigenvalue weighted by Gasteiger charge is 2.22. The van der Waals surface area contributed by atoms with Crippen LogP contribution in [0.5, 0.6) is 0 Å². The molecule has 0 atom stereocenters. The molecule has 0 aliphatic carbocycles. The predicted molar refractivity (Wildman–Crippen MR) is 68.6 cm³/mol. The summed E-state index contributed by atoms with van der Waals surface area (Å²) in [5, 5.41) is 0.221. The third-order valence-electron chi connectivity index (χ3n) is 2.91. The average molecular weight is 247 g/mol. The maximum absolute atomic E-state index is 5.90. The summed E-state index contributed by atoms with van der Waals surface area (Å²) in [6.45, 7) is 0.872. The van der Waals surface area contributed by atoms with Gasteiger partial charge in [0.25, 0.3) is 0 Å². The Bertz CT molecular complexity index is 570. The van der Waals surface area contributed by atoms with Crippen LogP contribution in [0.3, 0.4) is 0 Å². The van der Waals surface area contributed by atoms with E-state index in [0.717, 1.165) is 18.7 Å². The molecular formula is C12H11ClN4. The molecule has 0 radical (unpaired) electrons. The highest BCUT2D eigenvalue weighted by atomic mass is 35.5. The number of rotatable bonds is 1. The van der Waals surface area contributed by atoms with E-state index in [1.54, 1.807) is 6.20 Å². The second-order valence-electron chi connectivity index (χ2n) is 3.95. The van der Waals surface area contributed by atoms with Gasteiger partial charge in [0, 0.05) is 12.2 Å². The number of fused-ring (bicyclic) bond motifs is 1. The lowest BCUT2D eigenvalue weighted by molar-refractivity contribution is 0.967. The lowest BCUT2D eigenvalue weighted by atomic mass is 10.2. The van der Waals surface area contributed by atoms with Gasteiger partial charge in [-0.05, 0) is 29.7 Å². The Balaban J connectivity index is 2.10. The highest BCUT2D eigenvalue weighted by Crippen LogP contribution is 2.35. The smallest absolute Gasteiger partial charge is 0.224 e. The normalized spacial score (nSPS) is 13.8. The van der Waals surface area contributed by atoms with E-state index in [1.165, 1.54) is 5.56 Å². The first kappa shape index (κ1) is 10.4. The summed E-state index contributed by atoms with van der Waals surface area (Å²) < 4.78 is 0. The molecule has 0 spiro atoms. The van der Waals surface area contributed by atoms with E-state index in [2.05, 4.69) is 27.0 Å². The lowest BCUT2D eigenvalue weighted by Gasteiger charge is -2.19. The molecule has 1 aliphatic rings. The van der Waals surface area contributed by atoms with Crippen molar-refractivity contribution in [1.29, 1.82) is 0 Å². The zero-order valence-electron chi connectivity index (χ0n) is 9.10. The van der Waals surface area contributed by atoms with E-state index in [0.29, 0.717) is 11.5 Å². The number of hydrogen-bond acceptors (Lipinski definition) is 4. The first-order valence-corrected chi connectivity index (χ1v) is 5.77. The van der Waals surface area contributed by atoms with Crippen molar-refractivity contribution < 1.29 is 0 Å². The molecule has 0 saturated heterocycles. The van der Waals surface area contributed by atoms with Gasteiger partial charge in [0.2, 0.25) is 5.28 Å². The monoisotopic (exact) mass is 246 g/mol. The van der Waals surface area contributed by atoms with Crippen LogP contribution in [-0.4, -0.2) is 16.5 Å². The molecule has 2 heterocycles. The van der Waals surface area contributed by atoms with Crippen molar-refractivity contribution in [3.05, 3.63) is 41.3 Å². The van der Waals surface area contributed by atoms with E-state index in [9.17, 15) is 0 Å². The van der Waals surface area contributed by atoms with E-state index in [-0.39, 0.29) is 5.28 Å². The summed E-state index contributed by atoms with van der Waals surface area (Å²) in [4.78, 5) is 10.2. The summed E-state index contributed by atoms with van der Waals surface area (Å²) in [6.07, 6.45) is 2.54. The number of nitrogens with two attached hydrogens (primary N) is 1. The summed E-state index contributed by atoms with van der Waals surface area (Å²) in [5.41, 5.74) is 8.90. The van der Waals surface area contributed by atoms with Crippen LogP contribution in [0, 0.1) is 0 Å². The van der Waals surface area contributed by atoms with Crippen LogP contribution in [-0.2, 0) is 6.42 Å². The van der Waals surface area contributed by atoms with Crippen molar-refractivity contribution in [1.82, 2.24) is 9.97 Å². The Morgan fingerprint density at radius 2 is 2.12 bits per heavy atom. The number of hydrogen-bond donors (Lipinski definition) is 1. The van der Waals surface area contributed by atoms with Crippen LogP contribution in [0.1, 0.15) is 5.56 Å². The number of halogens is 1. The number of nitrogens with zero attached hydrogens (tertiary/aromatic N) is 3. The van der Waals surface area contributed by atoms with Gasteiger partial charge in [-0.3, -0.25) is 0 Å². The zero-order chi connectivity index (χ0) is 11.8. The molecule has 4 nitrogen and oxygen atoms in total. The predicted octanol–water partition coefficient (Wildman–Crippen LogP) is 2.41. The van der Waals surface area contributed by atoms with E-state index < -0.39 is 0 Å². The molecule has 0 amide bonds. The molecule has 1 aromatic heterocycles. The molecule has 3 rings (SSSR count). The summed E-state index contributed by atoms with van der Waals surface area (Å²) in [5.74, 6) is 0.690. The third-order valence-corrected chi connectivity index (χ3v) is 3.09. The molecule has 2 aromatic rings. The van der Waals surface area contributed by atoms with Gasteiger partial charge in [0.05, 0.1) is 11.9 Å². The Hall–Kier alpha value is -1.81. The van der Waals surface area contributed by atoms with E-state index in [1.807, 2.05) is 12.1 Å². The summed E-state index contributed by atoms with van der Waals surface area (Å²) >= 11 is 5.82. The number of para-hydroxylation sites is 1. The first-order chi connectivity index (χ1) is 8.25. The number of benzene rings is 1. The topological polar surface area (TPSA) is 55.0 Å². The van der Waals surface area contributed by atoms with Crippen molar-refractivity contribution in [2.75, 3.05) is 17.2 Å². The largest absolute Gasteiger partial charge is 0.394 e. The second-order valence-corrected chi connectivity index (χ2v) is 4.29. The average Bonchev–Trinajstić information content (AvgIpc) is 2.76. The van der Waals surface area contributed by atoms with Crippen molar-refractivity contribution in [3.63, 3.8) is 0 Å². The fraction of sp³-hybridized carbons (Fsp3) is 0.167. The molecule has 86 valence electrons. The second kappa shape index (κ2) is 3.89. The number of aromatic nitrogens is 2. The molecule has 1 aliphatic heterocycles. The Morgan fingerprint density at radius 1 is 1.29 bits per heavy atom. The van der Waals surface area contributed by atoms with Crippen LogP contribution >= 0.6 is 11.6 Å². The molecular weight excluding hydrogens is 236 g/mol.